The van der Waals surface area contributed by atoms with Gasteiger partial charge in [0.25, 0.3) is 11.9 Å². The van der Waals surface area contributed by atoms with Gasteiger partial charge in [-0.25, -0.2) is 0 Å². The number of pyridine rings is 1. The summed E-state index contributed by atoms with van der Waals surface area (Å²) in [5, 5.41) is 0.0120. The van der Waals surface area contributed by atoms with Gasteiger partial charge in [-0.05, 0) is 55.4 Å². The van der Waals surface area contributed by atoms with Crippen LogP contribution in [-0.2, 0) is 22.1 Å². The second kappa shape index (κ2) is 8.42. The maximum atomic E-state index is 13.5. The molecular weight excluding hydrogens is 473 g/mol. The lowest BCUT2D eigenvalue weighted by Crippen LogP contribution is -2.47. The van der Waals surface area contributed by atoms with Crippen LogP contribution < -0.4 is 5.73 Å². The largest absolute Gasteiger partial charge is 0.423 e. The minimum atomic E-state index is -4.48. The molecule has 1 fully saturated rings. The molecule has 0 radical (unpaired) electrons. The molecule has 1 amide bonds. The Bertz CT molecular complexity index is 1260. The van der Waals surface area contributed by atoms with E-state index >= 15 is 0 Å². The van der Waals surface area contributed by atoms with Crippen molar-refractivity contribution in [3.8, 4) is 0 Å². The number of fused-ring (bicyclic) bond motifs is 2. The summed E-state index contributed by atoms with van der Waals surface area (Å²) < 4.78 is 51.0. The van der Waals surface area contributed by atoms with Crippen LogP contribution in [0, 0.1) is 0 Å². The summed E-state index contributed by atoms with van der Waals surface area (Å²) in [6.07, 6.45) is -0.542. The number of aromatic nitrogens is 2. The van der Waals surface area contributed by atoms with Gasteiger partial charge in [0.1, 0.15) is 11.6 Å². The van der Waals surface area contributed by atoms with Gasteiger partial charge in [0.15, 0.2) is 5.58 Å². The smallest absolute Gasteiger partial charge is 0.416 e. The van der Waals surface area contributed by atoms with Crippen molar-refractivity contribution in [2.45, 2.75) is 50.4 Å². The Balaban J connectivity index is 1.38. The highest BCUT2D eigenvalue weighted by Crippen LogP contribution is 2.41. The summed E-state index contributed by atoms with van der Waals surface area (Å²) in [5.74, 6) is -0.257. The van der Waals surface area contributed by atoms with Crippen LogP contribution >= 0.6 is 11.6 Å². The number of oxazole rings is 1. The van der Waals surface area contributed by atoms with Crippen molar-refractivity contribution in [3.05, 3.63) is 51.8 Å². The van der Waals surface area contributed by atoms with Crippen LogP contribution in [-0.4, -0.2) is 40.0 Å². The minimum absolute atomic E-state index is 0.0120. The number of alkyl halides is 3. The van der Waals surface area contributed by atoms with E-state index in [4.69, 9.17) is 26.5 Å². The van der Waals surface area contributed by atoms with Gasteiger partial charge >= 0.3 is 6.18 Å². The molecule has 11 heteroatoms. The highest BCUT2D eigenvalue weighted by Gasteiger charge is 2.39. The third-order valence-corrected chi connectivity index (χ3v) is 6.99. The van der Waals surface area contributed by atoms with Crippen molar-refractivity contribution in [3.63, 3.8) is 0 Å². The molecule has 5 rings (SSSR count). The molecule has 2 aromatic heterocycles. The second-order valence-electron chi connectivity index (χ2n) is 8.70. The Morgan fingerprint density at radius 2 is 2.09 bits per heavy atom. The standard InChI is InChI=1S/C23H22ClF3N4O3/c1-11-19-13(6-14(8-16(19)24)23(25,26)27)2-4-31(11)21(32)18-7-12(3-5-33-18)15-9-29-10-17-20(15)34-22(28)30-17/h6,8-12,18H,2-5,7H2,1H3,(H2,28,30)/t11-,12+,18-/m0/s1. The number of amides is 1. The van der Waals surface area contributed by atoms with E-state index in [0.29, 0.717) is 41.7 Å². The SMILES string of the molecule is C[C@H]1c2c(Cl)cc(C(F)(F)F)cc2CCN1C(=O)[C@@H]1C[C@H](c2cncc3nc(N)oc23)CCO1. The number of hydrogen-bond acceptors (Lipinski definition) is 6. The summed E-state index contributed by atoms with van der Waals surface area (Å²) >= 11 is 6.26. The zero-order valence-electron chi connectivity index (χ0n) is 18.2. The van der Waals surface area contributed by atoms with E-state index in [1.807, 2.05) is 0 Å². The van der Waals surface area contributed by atoms with Gasteiger partial charge in [-0.2, -0.15) is 18.2 Å². The fraction of sp³-hybridized carbons (Fsp3) is 0.435. The van der Waals surface area contributed by atoms with E-state index in [1.165, 1.54) is 0 Å². The number of rotatable bonds is 2. The number of anilines is 1. The molecule has 1 aromatic carbocycles. The lowest BCUT2D eigenvalue weighted by Gasteiger charge is -2.39. The Morgan fingerprint density at radius 1 is 1.29 bits per heavy atom. The van der Waals surface area contributed by atoms with Crippen molar-refractivity contribution < 1.29 is 27.1 Å². The molecule has 0 spiro atoms. The van der Waals surface area contributed by atoms with Crippen LogP contribution in [0.2, 0.25) is 5.02 Å². The predicted molar refractivity (Wildman–Crippen MR) is 118 cm³/mol. The zero-order valence-corrected chi connectivity index (χ0v) is 19.0. The molecule has 1 saturated heterocycles. The molecule has 0 saturated carbocycles. The summed E-state index contributed by atoms with van der Waals surface area (Å²) in [5.41, 5.74) is 7.91. The van der Waals surface area contributed by atoms with E-state index in [-0.39, 0.29) is 35.8 Å². The predicted octanol–water partition coefficient (Wildman–Crippen LogP) is 4.89. The van der Waals surface area contributed by atoms with Crippen LogP contribution in [0.5, 0.6) is 0 Å². The Hall–Kier alpha value is -2.85. The number of benzene rings is 1. The normalized spacial score (nSPS) is 23.2. The fourth-order valence-electron chi connectivity index (χ4n) is 5.02. The zero-order chi connectivity index (χ0) is 24.2. The molecule has 0 unspecified atom stereocenters. The molecule has 2 aliphatic rings. The number of nitrogens with two attached hydrogens (primary N) is 1. The first-order valence-electron chi connectivity index (χ1n) is 10.9. The topological polar surface area (TPSA) is 94.5 Å². The summed E-state index contributed by atoms with van der Waals surface area (Å²) in [7, 11) is 0. The maximum absolute atomic E-state index is 13.5. The van der Waals surface area contributed by atoms with Gasteiger partial charge in [0.2, 0.25) is 0 Å². The molecule has 180 valence electrons. The van der Waals surface area contributed by atoms with Crippen molar-refractivity contribution in [1.82, 2.24) is 14.9 Å². The lowest BCUT2D eigenvalue weighted by atomic mass is 9.87. The van der Waals surface area contributed by atoms with Gasteiger partial charge in [-0.1, -0.05) is 11.6 Å². The molecule has 0 bridgehead atoms. The first-order valence-corrected chi connectivity index (χ1v) is 11.3. The number of carbonyl (C=O) groups excluding carboxylic acids is 1. The molecule has 0 aliphatic carbocycles. The third kappa shape index (κ3) is 3.98. The number of nitrogens with zero attached hydrogens (tertiary/aromatic N) is 3. The Morgan fingerprint density at radius 3 is 2.85 bits per heavy atom. The molecule has 3 atom stereocenters. The van der Waals surface area contributed by atoms with E-state index in [1.54, 1.807) is 24.2 Å². The second-order valence-corrected chi connectivity index (χ2v) is 9.10. The van der Waals surface area contributed by atoms with Crippen LogP contribution in [0.4, 0.5) is 19.2 Å². The molecular formula is C23H22ClF3N4O3. The number of hydrogen-bond donors (Lipinski definition) is 1. The molecule has 2 N–H and O–H groups in total. The Kier molecular flexibility index (Phi) is 5.68. The Labute approximate surface area is 198 Å². The monoisotopic (exact) mass is 494 g/mol. The van der Waals surface area contributed by atoms with Crippen molar-refractivity contribution in [1.29, 1.82) is 0 Å². The van der Waals surface area contributed by atoms with Gasteiger partial charge in [-0.3, -0.25) is 9.78 Å². The number of halogens is 4. The van der Waals surface area contributed by atoms with Crippen molar-refractivity contribution in [2.24, 2.45) is 0 Å². The van der Waals surface area contributed by atoms with E-state index in [2.05, 4.69) is 9.97 Å². The summed E-state index contributed by atoms with van der Waals surface area (Å²) in [4.78, 5) is 23.4. The van der Waals surface area contributed by atoms with E-state index < -0.39 is 23.9 Å². The molecule has 4 heterocycles. The van der Waals surface area contributed by atoms with Crippen molar-refractivity contribution in [2.75, 3.05) is 18.9 Å². The van der Waals surface area contributed by atoms with Crippen LogP contribution in [0.3, 0.4) is 0 Å². The summed E-state index contributed by atoms with van der Waals surface area (Å²) in [6.45, 7) is 2.43. The van der Waals surface area contributed by atoms with E-state index in [9.17, 15) is 18.0 Å². The molecule has 2 aliphatic heterocycles. The first-order chi connectivity index (χ1) is 16.1. The van der Waals surface area contributed by atoms with Crippen molar-refractivity contribution >= 4 is 34.6 Å². The average Bonchev–Trinajstić information content (AvgIpc) is 3.18. The van der Waals surface area contributed by atoms with Gasteiger partial charge in [0, 0.05) is 29.9 Å². The van der Waals surface area contributed by atoms with Gasteiger partial charge in [0.05, 0.1) is 17.8 Å². The molecule has 3 aromatic rings. The quantitative estimate of drug-likeness (QED) is 0.545. The lowest BCUT2D eigenvalue weighted by molar-refractivity contribution is -0.150. The molecule has 7 nitrogen and oxygen atoms in total. The highest BCUT2D eigenvalue weighted by atomic mass is 35.5. The van der Waals surface area contributed by atoms with Crippen LogP contribution in [0.15, 0.2) is 28.9 Å². The first kappa shape index (κ1) is 22.9. The van der Waals surface area contributed by atoms with Gasteiger partial charge in [-0.15, -0.1) is 0 Å². The number of ether oxygens (including phenoxy) is 1. The third-order valence-electron chi connectivity index (χ3n) is 6.67. The molecule has 34 heavy (non-hydrogen) atoms. The maximum Gasteiger partial charge on any atom is 0.416 e. The number of nitrogen functional groups attached to an aromatic ring is 1. The van der Waals surface area contributed by atoms with E-state index in [0.717, 1.165) is 17.7 Å². The minimum Gasteiger partial charge on any atom is -0.423 e. The highest BCUT2D eigenvalue weighted by molar-refractivity contribution is 6.31. The fourth-order valence-corrected chi connectivity index (χ4v) is 5.42. The average molecular weight is 495 g/mol. The van der Waals surface area contributed by atoms with Crippen LogP contribution in [0.1, 0.15) is 54.0 Å². The summed E-state index contributed by atoms with van der Waals surface area (Å²) in [6, 6.07) is 1.63. The van der Waals surface area contributed by atoms with Crippen LogP contribution in [0.25, 0.3) is 11.1 Å². The number of carbonyl (C=O) groups is 1. The van der Waals surface area contributed by atoms with Gasteiger partial charge < -0.3 is 19.8 Å².